The lowest BCUT2D eigenvalue weighted by atomic mass is 9.94. The maximum atomic E-state index is 11.5. The molecule has 1 atom stereocenters. The Morgan fingerprint density at radius 2 is 1.88 bits per heavy atom. The Hall–Kier alpha value is -1.43. The molecule has 2 fully saturated rings. The van der Waals surface area contributed by atoms with Crippen LogP contribution in [0.3, 0.4) is 0 Å². The van der Waals surface area contributed by atoms with Crippen molar-refractivity contribution in [1.82, 2.24) is 9.80 Å². The van der Waals surface area contributed by atoms with Crippen molar-refractivity contribution < 1.29 is 14.6 Å². The average Bonchev–Trinajstić information content (AvgIpc) is 2.68. The van der Waals surface area contributed by atoms with Crippen molar-refractivity contribution in [1.29, 1.82) is 0 Å². The molecule has 0 bridgehead atoms. The minimum atomic E-state index is -0.282. The fourth-order valence-electron chi connectivity index (χ4n) is 4.10. The van der Waals surface area contributed by atoms with E-state index >= 15 is 0 Å². The first-order valence-corrected chi connectivity index (χ1v) is 9.44. The zero-order valence-corrected chi connectivity index (χ0v) is 15.2. The first-order valence-electron chi connectivity index (χ1n) is 9.44. The van der Waals surface area contributed by atoms with E-state index in [2.05, 4.69) is 9.80 Å². The highest BCUT2D eigenvalue weighted by atomic mass is 16.5. The van der Waals surface area contributed by atoms with Crippen LogP contribution in [-0.2, 0) is 11.3 Å². The Kier molecular flexibility index (Phi) is 6.45. The number of carbonyl (C=O) groups excluding carboxylic acids is 1. The van der Waals surface area contributed by atoms with E-state index in [4.69, 9.17) is 4.74 Å². The van der Waals surface area contributed by atoms with Gasteiger partial charge in [0.05, 0.1) is 12.7 Å². The molecule has 138 valence electrons. The summed E-state index contributed by atoms with van der Waals surface area (Å²) in [6.07, 6.45) is 4.77. The van der Waals surface area contributed by atoms with Crippen LogP contribution in [0.2, 0.25) is 0 Å². The van der Waals surface area contributed by atoms with Crippen molar-refractivity contribution in [3.05, 3.63) is 35.4 Å². The number of nitrogens with zero attached hydrogens (tertiary/aromatic N) is 2. The number of likely N-dealkylation sites (tertiary alicyclic amines) is 2. The molecule has 5 heteroatoms. The van der Waals surface area contributed by atoms with Crippen LogP contribution in [0.5, 0.6) is 0 Å². The molecule has 0 spiro atoms. The SMILES string of the molecule is COC(=O)c1ccc(CN2CCCC(N3CCC(CO)CC3)C2)cc1. The van der Waals surface area contributed by atoms with Crippen LogP contribution in [0.15, 0.2) is 24.3 Å². The molecule has 0 aromatic heterocycles. The second kappa shape index (κ2) is 8.79. The third-order valence-electron chi connectivity index (χ3n) is 5.69. The molecule has 0 amide bonds. The number of rotatable bonds is 5. The molecule has 0 aliphatic carbocycles. The summed E-state index contributed by atoms with van der Waals surface area (Å²) in [7, 11) is 1.41. The number of aliphatic hydroxyl groups excluding tert-OH is 1. The highest BCUT2D eigenvalue weighted by Crippen LogP contribution is 2.24. The van der Waals surface area contributed by atoms with E-state index in [0.717, 1.165) is 45.6 Å². The summed E-state index contributed by atoms with van der Waals surface area (Å²) < 4.78 is 4.75. The van der Waals surface area contributed by atoms with Gasteiger partial charge in [-0.25, -0.2) is 4.79 Å². The Morgan fingerprint density at radius 3 is 2.52 bits per heavy atom. The molecule has 3 rings (SSSR count). The molecule has 2 aliphatic heterocycles. The van der Waals surface area contributed by atoms with E-state index in [1.54, 1.807) is 0 Å². The number of hydrogen-bond acceptors (Lipinski definition) is 5. The van der Waals surface area contributed by atoms with Gasteiger partial charge in [-0.05, 0) is 68.9 Å². The monoisotopic (exact) mass is 346 g/mol. The van der Waals surface area contributed by atoms with Crippen molar-refractivity contribution in [2.24, 2.45) is 5.92 Å². The number of piperidine rings is 2. The van der Waals surface area contributed by atoms with Crippen molar-refractivity contribution in [2.75, 3.05) is 39.9 Å². The normalized spacial score (nSPS) is 23.5. The van der Waals surface area contributed by atoms with Crippen molar-refractivity contribution in [2.45, 2.75) is 38.3 Å². The van der Waals surface area contributed by atoms with Crippen LogP contribution in [0.25, 0.3) is 0 Å². The third-order valence-corrected chi connectivity index (χ3v) is 5.69. The molecule has 0 radical (unpaired) electrons. The Labute approximate surface area is 150 Å². The van der Waals surface area contributed by atoms with Gasteiger partial charge in [0.25, 0.3) is 0 Å². The fourth-order valence-corrected chi connectivity index (χ4v) is 4.10. The topological polar surface area (TPSA) is 53.0 Å². The van der Waals surface area contributed by atoms with Gasteiger partial charge in [-0.15, -0.1) is 0 Å². The van der Waals surface area contributed by atoms with Gasteiger partial charge in [-0.1, -0.05) is 12.1 Å². The zero-order chi connectivity index (χ0) is 17.6. The summed E-state index contributed by atoms with van der Waals surface area (Å²) in [6.45, 7) is 5.78. The summed E-state index contributed by atoms with van der Waals surface area (Å²) in [4.78, 5) is 16.7. The molecule has 0 saturated carbocycles. The molecular formula is C20H30N2O3. The molecule has 2 heterocycles. The summed E-state index contributed by atoms with van der Waals surface area (Å²) in [5.41, 5.74) is 1.85. The molecule has 1 N–H and O–H groups in total. The second-order valence-corrected chi connectivity index (χ2v) is 7.38. The summed E-state index contributed by atoms with van der Waals surface area (Å²) in [6, 6.07) is 8.40. The number of methoxy groups -OCH3 is 1. The van der Waals surface area contributed by atoms with E-state index in [1.807, 2.05) is 24.3 Å². The summed E-state index contributed by atoms with van der Waals surface area (Å²) >= 11 is 0. The Bertz CT molecular complexity index is 553. The summed E-state index contributed by atoms with van der Waals surface area (Å²) in [5, 5.41) is 9.31. The minimum absolute atomic E-state index is 0.282. The quantitative estimate of drug-likeness (QED) is 0.828. The lowest BCUT2D eigenvalue weighted by Crippen LogP contribution is -2.50. The number of ether oxygens (including phenoxy) is 1. The first kappa shape index (κ1) is 18.4. The van der Waals surface area contributed by atoms with Gasteiger partial charge in [0.1, 0.15) is 0 Å². The largest absolute Gasteiger partial charge is 0.465 e. The van der Waals surface area contributed by atoms with Crippen LogP contribution in [0.1, 0.15) is 41.6 Å². The van der Waals surface area contributed by atoms with Gasteiger partial charge in [0.15, 0.2) is 0 Å². The molecule has 2 aliphatic rings. The Morgan fingerprint density at radius 1 is 1.16 bits per heavy atom. The maximum absolute atomic E-state index is 11.5. The van der Waals surface area contributed by atoms with Gasteiger partial charge >= 0.3 is 5.97 Å². The number of aliphatic hydroxyl groups is 1. The van der Waals surface area contributed by atoms with Gasteiger partial charge in [-0.3, -0.25) is 9.80 Å². The number of carbonyl (C=O) groups is 1. The van der Waals surface area contributed by atoms with Crippen LogP contribution >= 0.6 is 0 Å². The van der Waals surface area contributed by atoms with Crippen LogP contribution in [0.4, 0.5) is 0 Å². The minimum Gasteiger partial charge on any atom is -0.465 e. The average molecular weight is 346 g/mol. The van der Waals surface area contributed by atoms with Gasteiger partial charge < -0.3 is 9.84 Å². The second-order valence-electron chi connectivity index (χ2n) is 7.38. The van der Waals surface area contributed by atoms with Crippen LogP contribution in [0, 0.1) is 5.92 Å². The molecule has 1 aromatic rings. The lowest BCUT2D eigenvalue weighted by Gasteiger charge is -2.42. The number of esters is 1. The molecular weight excluding hydrogens is 316 g/mol. The standard InChI is InChI=1S/C20H30N2O3/c1-25-20(24)18-6-4-16(5-7-18)13-21-10-2-3-19(14-21)22-11-8-17(15-23)9-12-22/h4-7,17,19,23H,2-3,8-15H2,1H3. The smallest absolute Gasteiger partial charge is 0.337 e. The third kappa shape index (κ3) is 4.81. The van der Waals surface area contributed by atoms with Gasteiger partial charge in [0, 0.05) is 25.7 Å². The Balaban J connectivity index is 1.52. The maximum Gasteiger partial charge on any atom is 0.337 e. The summed E-state index contributed by atoms with van der Waals surface area (Å²) in [5.74, 6) is 0.222. The molecule has 1 unspecified atom stereocenters. The molecule has 2 saturated heterocycles. The fraction of sp³-hybridized carbons (Fsp3) is 0.650. The van der Waals surface area contributed by atoms with E-state index in [1.165, 1.54) is 25.5 Å². The highest BCUT2D eigenvalue weighted by Gasteiger charge is 2.28. The zero-order valence-electron chi connectivity index (χ0n) is 15.2. The predicted molar refractivity (Wildman–Crippen MR) is 97.5 cm³/mol. The van der Waals surface area contributed by atoms with Gasteiger partial charge in [-0.2, -0.15) is 0 Å². The first-order chi connectivity index (χ1) is 12.2. The van der Waals surface area contributed by atoms with Crippen molar-refractivity contribution >= 4 is 5.97 Å². The van der Waals surface area contributed by atoms with E-state index in [9.17, 15) is 9.90 Å². The molecule has 5 nitrogen and oxygen atoms in total. The van der Waals surface area contributed by atoms with E-state index in [-0.39, 0.29) is 5.97 Å². The van der Waals surface area contributed by atoms with Gasteiger partial charge in [0.2, 0.25) is 0 Å². The van der Waals surface area contributed by atoms with E-state index in [0.29, 0.717) is 24.1 Å². The lowest BCUT2D eigenvalue weighted by molar-refractivity contribution is 0.0544. The predicted octanol–water partition coefficient (Wildman–Crippen LogP) is 2.14. The molecule has 1 aromatic carbocycles. The number of benzene rings is 1. The highest BCUT2D eigenvalue weighted by molar-refractivity contribution is 5.89. The molecule has 25 heavy (non-hydrogen) atoms. The number of hydrogen-bond donors (Lipinski definition) is 1. The van der Waals surface area contributed by atoms with Crippen molar-refractivity contribution in [3.63, 3.8) is 0 Å². The van der Waals surface area contributed by atoms with Crippen LogP contribution in [-0.4, -0.2) is 66.8 Å². The van der Waals surface area contributed by atoms with Crippen molar-refractivity contribution in [3.8, 4) is 0 Å². The van der Waals surface area contributed by atoms with Crippen LogP contribution < -0.4 is 0 Å². The van der Waals surface area contributed by atoms with E-state index < -0.39 is 0 Å².